The van der Waals surface area contributed by atoms with Crippen LogP contribution in [0.15, 0.2) is 18.2 Å². The van der Waals surface area contributed by atoms with E-state index in [0.29, 0.717) is 24.3 Å². The van der Waals surface area contributed by atoms with Gasteiger partial charge in [-0.3, -0.25) is 24.6 Å². The number of fused-ring (bicyclic) bond motifs is 4. The molecule has 1 spiro atoms. The average Bonchev–Trinajstić information content (AvgIpc) is 3.24. The van der Waals surface area contributed by atoms with Crippen LogP contribution in [0.5, 0.6) is 0 Å². The van der Waals surface area contributed by atoms with Crippen LogP contribution in [-0.2, 0) is 24.7 Å². The Morgan fingerprint density at radius 2 is 2.04 bits per heavy atom. The van der Waals surface area contributed by atoms with Crippen molar-refractivity contribution in [1.82, 2.24) is 10.2 Å². The normalized spacial score (nSPS) is 32.1. The number of anilines is 1. The highest BCUT2D eigenvalue weighted by molar-refractivity contribution is 6.15. The van der Waals surface area contributed by atoms with Gasteiger partial charge in [-0.2, -0.15) is 0 Å². The molecule has 0 aromatic heterocycles. The molecule has 28 heavy (non-hydrogen) atoms. The van der Waals surface area contributed by atoms with E-state index in [-0.39, 0.29) is 24.3 Å². The molecular weight excluding hydrogens is 362 g/mol. The molecule has 4 rings (SSSR count). The summed E-state index contributed by atoms with van der Waals surface area (Å²) >= 11 is 0. The smallest absolute Gasteiger partial charge is 0.250 e. The van der Waals surface area contributed by atoms with Gasteiger partial charge in [0.2, 0.25) is 17.7 Å². The second-order valence-electron chi connectivity index (χ2n) is 7.85. The van der Waals surface area contributed by atoms with E-state index in [1.54, 1.807) is 20.1 Å². The molecule has 0 saturated carbocycles. The third kappa shape index (κ3) is 2.38. The molecule has 0 aliphatic carbocycles. The van der Waals surface area contributed by atoms with E-state index >= 15 is 0 Å². The zero-order valence-electron chi connectivity index (χ0n) is 16.2. The first-order valence-electron chi connectivity index (χ1n) is 9.56. The SMILES string of the molecule is COCCCN1C(=O)C2C(C(C)O)NC3(C(=O)Nc4c(C)cccc43)C2C1=O. The number of aryl methyl sites for hydroxylation is 1. The Balaban J connectivity index is 1.81. The molecule has 0 bridgehead atoms. The number of ether oxygens (including phenoxy) is 1. The van der Waals surface area contributed by atoms with Gasteiger partial charge in [0.05, 0.1) is 17.9 Å². The third-order valence-electron chi connectivity index (χ3n) is 6.23. The van der Waals surface area contributed by atoms with Gasteiger partial charge in [-0.1, -0.05) is 18.2 Å². The second kappa shape index (κ2) is 6.65. The minimum Gasteiger partial charge on any atom is -0.392 e. The van der Waals surface area contributed by atoms with E-state index in [1.807, 2.05) is 19.1 Å². The summed E-state index contributed by atoms with van der Waals surface area (Å²) in [7, 11) is 1.56. The van der Waals surface area contributed by atoms with Crippen molar-refractivity contribution in [2.75, 3.05) is 25.6 Å². The number of aliphatic hydroxyl groups excluding tert-OH is 1. The number of likely N-dealkylation sites (tertiary alicyclic amines) is 1. The summed E-state index contributed by atoms with van der Waals surface area (Å²) < 4.78 is 5.03. The highest BCUT2D eigenvalue weighted by atomic mass is 16.5. The maximum Gasteiger partial charge on any atom is 0.250 e. The lowest BCUT2D eigenvalue weighted by Crippen LogP contribution is -2.54. The number of hydrogen-bond donors (Lipinski definition) is 3. The van der Waals surface area contributed by atoms with Crippen LogP contribution in [0.1, 0.15) is 24.5 Å². The van der Waals surface area contributed by atoms with Gasteiger partial charge < -0.3 is 15.2 Å². The lowest BCUT2D eigenvalue weighted by atomic mass is 9.76. The number of carbonyl (C=O) groups excluding carboxylic acids is 3. The molecule has 0 radical (unpaired) electrons. The first kappa shape index (κ1) is 19.0. The molecule has 3 aliphatic heterocycles. The van der Waals surface area contributed by atoms with Gasteiger partial charge in [-0.25, -0.2) is 0 Å². The third-order valence-corrected chi connectivity index (χ3v) is 6.23. The zero-order valence-corrected chi connectivity index (χ0v) is 16.2. The summed E-state index contributed by atoms with van der Waals surface area (Å²) in [6, 6.07) is 4.83. The minimum atomic E-state index is -1.35. The van der Waals surface area contributed by atoms with Gasteiger partial charge in [0, 0.05) is 37.6 Å². The predicted octanol–water partition coefficient (Wildman–Crippen LogP) is 0.133. The second-order valence-corrected chi connectivity index (χ2v) is 7.85. The van der Waals surface area contributed by atoms with Crippen molar-refractivity contribution in [1.29, 1.82) is 0 Å². The van der Waals surface area contributed by atoms with E-state index in [1.165, 1.54) is 4.90 Å². The van der Waals surface area contributed by atoms with Crippen LogP contribution in [0.2, 0.25) is 0 Å². The molecule has 3 aliphatic rings. The van der Waals surface area contributed by atoms with Crippen LogP contribution in [-0.4, -0.2) is 60.1 Å². The minimum absolute atomic E-state index is 0.239. The first-order valence-corrected chi connectivity index (χ1v) is 9.56. The summed E-state index contributed by atoms with van der Waals surface area (Å²) in [6.07, 6.45) is -0.376. The molecule has 1 aromatic rings. The number of methoxy groups -OCH3 is 1. The Morgan fingerprint density at radius 3 is 2.71 bits per heavy atom. The average molecular weight is 387 g/mol. The molecule has 5 unspecified atom stereocenters. The Labute approximate surface area is 163 Å². The van der Waals surface area contributed by atoms with E-state index in [0.717, 1.165) is 5.56 Å². The molecule has 150 valence electrons. The van der Waals surface area contributed by atoms with Crippen molar-refractivity contribution >= 4 is 23.4 Å². The van der Waals surface area contributed by atoms with Gasteiger partial charge in [0.1, 0.15) is 5.54 Å². The van der Waals surface area contributed by atoms with E-state index in [2.05, 4.69) is 10.6 Å². The fourth-order valence-electron chi connectivity index (χ4n) is 4.97. The summed E-state index contributed by atoms with van der Waals surface area (Å²) in [4.78, 5) is 40.8. The highest BCUT2D eigenvalue weighted by Gasteiger charge is 2.71. The molecule has 3 amide bonds. The summed E-state index contributed by atoms with van der Waals surface area (Å²) in [5, 5.41) is 16.4. The number of nitrogens with one attached hydrogen (secondary N) is 2. The van der Waals surface area contributed by atoms with Crippen molar-refractivity contribution in [3.8, 4) is 0 Å². The Morgan fingerprint density at radius 1 is 1.29 bits per heavy atom. The predicted molar refractivity (Wildman–Crippen MR) is 100 cm³/mol. The first-order chi connectivity index (χ1) is 13.3. The number of nitrogens with zero attached hydrogens (tertiary/aromatic N) is 1. The fourth-order valence-corrected chi connectivity index (χ4v) is 4.97. The molecule has 2 saturated heterocycles. The van der Waals surface area contributed by atoms with Gasteiger partial charge in [0.25, 0.3) is 0 Å². The quantitative estimate of drug-likeness (QED) is 0.490. The van der Waals surface area contributed by atoms with Crippen LogP contribution in [0.25, 0.3) is 0 Å². The molecule has 3 N–H and O–H groups in total. The Kier molecular flexibility index (Phi) is 4.52. The molecule has 8 nitrogen and oxygen atoms in total. The van der Waals surface area contributed by atoms with Gasteiger partial charge in [-0.05, 0) is 25.8 Å². The number of rotatable bonds is 5. The van der Waals surface area contributed by atoms with Crippen molar-refractivity contribution in [2.24, 2.45) is 11.8 Å². The molecular formula is C20H25N3O5. The summed E-state index contributed by atoms with van der Waals surface area (Å²) in [6.45, 7) is 4.13. The Bertz CT molecular complexity index is 854. The highest BCUT2D eigenvalue weighted by Crippen LogP contribution is 2.53. The number of aliphatic hydroxyl groups is 1. The monoisotopic (exact) mass is 387 g/mol. The molecule has 8 heteroatoms. The standard InChI is InChI=1S/C20H25N3O5/c1-10-6-4-7-12-15(10)21-19(27)20(12)14-13(16(22-20)11(2)24)17(25)23(18(14)26)8-5-9-28-3/h4,6-7,11,13-14,16,22,24H,5,8-9H2,1-3H3,(H,21,27). The Hall–Kier alpha value is -2.29. The number of carbonyl (C=O) groups is 3. The van der Waals surface area contributed by atoms with Crippen LogP contribution in [0.4, 0.5) is 5.69 Å². The van der Waals surface area contributed by atoms with Crippen LogP contribution >= 0.6 is 0 Å². The van der Waals surface area contributed by atoms with Gasteiger partial charge in [0.15, 0.2) is 0 Å². The van der Waals surface area contributed by atoms with Crippen molar-refractivity contribution in [2.45, 2.75) is 38.0 Å². The van der Waals surface area contributed by atoms with E-state index in [4.69, 9.17) is 4.74 Å². The van der Waals surface area contributed by atoms with Gasteiger partial charge >= 0.3 is 0 Å². The fraction of sp³-hybridized carbons (Fsp3) is 0.550. The number of hydrogen-bond acceptors (Lipinski definition) is 6. The summed E-state index contributed by atoms with van der Waals surface area (Å²) in [5.41, 5.74) is 0.866. The maximum absolute atomic E-state index is 13.3. The molecule has 2 fully saturated rings. The molecule has 1 aromatic carbocycles. The summed E-state index contributed by atoms with van der Waals surface area (Å²) in [5.74, 6) is -2.73. The van der Waals surface area contributed by atoms with Crippen molar-refractivity contribution in [3.05, 3.63) is 29.3 Å². The molecule has 5 atom stereocenters. The lowest BCUT2D eigenvalue weighted by Gasteiger charge is -2.30. The van der Waals surface area contributed by atoms with E-state index < -0.39 is 29.5 Å². The number of benzene rings is 1. The van der Waals surface area contributed by atoms with Crippen LogP contribution in [0, 0.1) is 18.8 Å². The number of imide groups is 1. The number of amides is 3. The van der Waals surface area contributed by atoms with Crippen LogP contribution < -0.4 is 10.6 Å². The topological polar surface area (TPSA) is 108 Å². The van der Waals surface area contributed by atoms with E-state index in [9.17, 15) is 19.5 Å². The largest absolute Gasteiger partial charge is 0.392 e. The van der Waals surface area contributed by atoms with Crippen LogP contribution in [0.3, 0.4) is 0 Å². The van der Waals surface area contributed by atoms with Crippen molar-refractivity contribution in [3.63, 3.8) is 0 Å². The van der Waals surface area contributed by atoms with Crippen molar-refractivity contribution < 1.29 is 24.2 Å². The number of para-hydroxylation sites is 1. The lowest BCUT2D eigenvalue weighted by molar-refractivity contribution is -0.143. The maximum atomic E-state index is 13.3. The van der Waals surface area contributed by atoms with Gasteiger partial charge in [-0.15, -0.1) is 0 Å². The zero-order chi connectivity index (χ0) is 20.2. The molecule has 3 heterocycles.